The van der Waals surface area contributed by atoms with Crippen LogP contribution in [0.2, 0.25) is 0 Å². The number of carbonyl (C=O) groups is 3. The van der Waals surface area contributed by atoms with E-state index in [1.807, 2.05) is 12.1 Å². The Kier molecular flexibility index (Phi) is 6.99. The van der Waals surface area contributed by atoms with Gasteiger partial charge in [-0.3, -0.25) is 9.59 Å². The van der Waals surface area contributed by atoms with Crippen LogP contribution in [0.5, 0.6) is 0 Å². The molecule has 10 heteroatoms. The van der Waals surface area contributed by atoms with Crippen molar-refractivity contribution in [3.8, 4) is 0 Å². The van der Waals surface area contributed by atoms with Crippen molar-refractivity contribution in [3.63, 3.8) is 0 Å². The number of carbonyl (C=O) groups excluding carboxylic acids is 3. The van der Waals surface area contributed by atoms with Gasteiger partial charge in [-0.15, -0.1) is 0 Å². The van der Waals surface area contributed by atoms with E-state index in [0.29, 0.717) is 37.2 Å². The Balaban J connectivity index is 1.44. The highest BCUT2D eigenvalue weighted by Gasteiger charge is 2.34. The molecule has 0 atom stereocenters. The van der Waals surface area contributed by atoms with Crippen LogP contribution in [0.25, 0.3) is 0 Å². The average molecular weight is 486 g/mol. The number of nitrogens with one attached hydrogen (secondary N) is 1. The second-order valence-corrected chi connectivity index (χ2v) is 10.2. The summed E-state index contributed by atoms with van der Waals surface area (Å²) in [6.07, 6.45) is 1.97. The summed E-state index contributed by atoms with van der Waals surface area (Å²) in [7, 11) is -2.72. The molecule has 9 nitrogen and oxygen atoms in total. The van der Waals surface area contributed by atoms with E-state index in [2.05, 4.69) is 5.32 Å². The number of nitrogens with zero attached hydrogens (tertiary/aromatic N) is 2. The molecule has 0 bridgehead atoms. The third kappa shape index (κ3) is 4.69. The second-order valence-electron chi connectivity index (χ2n) is 8.32. The monoisotopic (exact) mass is 485 g/mol. The molecule has 1 N–H and O–H groups in total. The molecule has 0 aliphatic carbocycles. The summed E-state index contributed by atoms with van der Waals surface area (Å²) in [6, 6.07) is 13.1. The molecule has 2 fully saturated rings. The summed E-state index contributed by atoms with van der Waals surface area (Å²) in [4.78, 5) is 38.8. The summed E-state index contributed by atoms with van der Waals surface area (Å²) < 4.78 is 32.4. The molecule has 4 rings (SSSR count). The first kappa shape index (κ1) is 23.9. The van der Waals surface area contributed by atoms with Crippen LogP contribution in [0.3, 0.4) is 0 Å². The quantitative estimate of drug-likeness (QED) is 0.630. The number of hydrogen-bond acceptors (Lipinski definition) is 6. The Hall–Kier alpha value is -3.24. The first-order valence-electron chi connectivity index (χ1n) is 11.2. The SMILES string of the molecule is COC(=O)c1ccccc1S(=O)(=O)N1CCC(C(=O)Nc2ccccc2N2CCCC2=O)CC1. The van der Waals surface area contributed by atoms with Gasteiger partial charge in [0.05, 0.1) is 28.9 Å². The maximum absolute atomic E-state index is 13.2. The minimum Gasteiger partial charge on any atom is -0.465 e. The number of rotatable bonds is 6. The fourth-order valence-electron chi connectivity index (χ4n) is 4.42. The lowest BCUT2D eigenvalue weighted by Gasteiger charge is -2.31. The molecule has 0 aromatic heterocycles. The Morgan fingerprint density at radius 3 is 2.35 bits per heavy atom. The fraction of sp³-hybridized carbons (Fsp3) is 0.375. The maximum Gasteiger partial charge on any atom is 0.339 e. The highest BCUT2D eigenvalue weighted by atomic mass is 32.2. The molecule has 2 aromatic carbocycles. The highest BCUT2D eigenvalue weighted by Crippen LogP contribution is 2.31. The van der Waals surface area contributed by atoms with Crippen molar-refractivity contribution >= 4 is 39.2 Å². The maximum atomic E-state index is 13.2. The van der Waals surface area contributed by atoms with Gasteiger partial charge in [0.15, 0.2) is 0 Å². The third-order valence-corrected chi connectivity index (χ3v) is 8.22. The molecule has 2 aliphatic rings. The third-order valence-electron chi connectivity index (χ3n) is 6.26. The molecule has 2 amide bonds. The van der Waals surface area contributed by atoms with Crippen LogP contribution in [-0.2, 0) is 24.3 Å². The lowest BCUT2D eigenvalue weighted by Crippen LogP contribution is -2.41. The van der Waals surface area contributed by atoms with Gasteiger partial charge in [0.2, 0.25) is 21.8 Å². The topological polar surface area (TPSA) is 113 Å². The lowest BCUT2D eigenvalue weighted by atomic mass is 9.97. The Bertz CT molecular complexity index is 1200. The zero-order chi connectivity index (χ0) is 24.3. The molecule has 180 valence electrons. The summed E-state index contributed by atoms with van der Waals surface area (Å²) in [5.74, 6) is -1.26. The van der Waals surface area contributed by atoms with Gasteiger partial charge in [0, 0.05) is 32.0 Å². The van der Waals surface area contributed by atoms with Crippen molar-refractivity contribution < 1.29 is 27.5 Å². The van der Waals surface area contributed by atoms with Crippen molar-refractivity contribution in [1.29, 1.82) is 0 Å². The molecular weight excluding hydrogens is 458 g/mol. The van der Waals surface area contributed by atoms with E-state index >= 15 is 0 Å². The summed E-state index contributed by atoms with van der Waals surface area (Å²) in [5.41, 5.74) is 1.24. The van der Waals surface area contributed by atoms with Gasteiger partial charge in [-0.25, -0.2) is 13.2 Å². The van der Waals surface area contributed by atoms with Gasteiger partial charge in [-0.05, 0) is 43.5 Å². The number of piperidine rings is 1. The van der Waals surface area contributed by atoms with Crippen LogP contribution in [0.1, 0.15) is 36.0 Å². The zero-order valence-electron chi connectivity index (χ0n) is 18.9. The minimum atomic E-state index is -3.92. The van der Waals surface area contributed by atoms with Crippen LogP contribution in [0.15, 0.2) is 53.4 Å². The van der Waals surface area contributed by atoms with Crippen molar-refractivity contribution in [2.45, 2.75) is 30.6 Å². The van der Waals surface area contributed by atoms with Crippen molar-refractivity contribution in [2.75, 3.05) is 37.0 Å². The summed E-state index contributed by atoms with van der Waals surface area (Å²) in [5, 5.41) is 2.93. The van der Waals surface area contributed by atoms with Gasteiger partial charge in [0.1, 0.15) is 0 Å². The number of sulfonamides is 1. The van der Waals surface area contributed by atoms with Gasteiger partial charge in [0.25, 0.3) is 0 Å². The Morgan fingerprint density at radius 1 is 1.00 bits per heavy atom. The molecule has 2 aromatic rings. The van der Waals surface area contributed by atoms with E-state index in [0.717, 1.165) is 6.42 Å². The minimum absolute atomic E-state index is 0.0158. The standard InChI is InChI=1S/C24H27N3O6S/c1-33-24(30)18-7-2-5-10-21(18)34(31,32)26-15-12-17(13-16-26)23(29)25-19-8-3-4-9-20(19)27-14-6-11-22(27)28/h2-5,7-10,17H,6,11-16H2,1H3,(H,25,29). The number of esters is 1. The molecule has 0 radical (unpaired) electrons. The number of benzene rings is 2. The van der Waals surface area contributed by atoms with E-state index in [9.17, 15) is 22.8 Å². The van der Waals surface area contributed by atoms with E-state index in [1.165, 1.54) is 23.5 Å². The molecule has 34 heavy (non-hydrogen) atoms. The predicted octanol–water partition coefficient (Wildman–Crippen LogP) is 2.64. The first-order chi connectivity index (χ1) is 16.3. The smallest absolute Gasteiger partial charge is 0.339 e. The van der Waals surface area contributed by atoms with Crippen LogP contribution in [0.4, 0.5) is 11.4 Å². The average Bonchev–Trinajstić information content (AvgIpc) is 3.29. The number of ether oxygens (including phenoxy) is 1. The number of para-hydroxylation sites is 2. The summed E-state index contributed by atoms with van der Waals surface area (Å²) in [6.45, 7) is 0.930. The molecule has 0 spiro atoms. The number of hydrogen-bond donors (Lipinski definition) is 1. The normalized spacial score (nSPS) is 17.6. The molecule has 2 aliphatic heterocycles. The molecule has 0 saturated carbocycles. The first-order valence-corrected chi connectivity index (χ1v) is 12.6. The molecule has 0 unspecified atom stereocenters. The van der Waals surface area contributed by atoms with Crippen LogP contribution in [-0.4, -0.2) is 57.3 Å². The van der Waals surface area contributed by atoms with Gasteiger partial charge in [-0.1, -0.05) is 24.3 Å². The van der Waals surface area contributed by atoms with E-state index in [4.69, 9.17) is 4.74 Å². The largest absolute Gasteiger partial charge is 0.465 e. The molecule has 2 heterocycles. The van der Waals surface area contributed by atoms with Gasteiger partial charge < -0.3 is 15.0 Å². The lowest BCUT2D eigenvalue weighted by molar-refractivity contribution is -0.121. The fourth-order valence-corrected chi connectivity index (χ4v) is 6.07. The van der Waals surface area contributed by atoms with Crippen LogP contribution in [0, 0.1) is 5.92 Å². The van der Waals surface area contributed by atoms with E-state index in [-0.39, 0.29) is 41.3 Å². The van der Waals surface area contributed by atoms with E-state index in [1.54, 1.807) is 29.2 Å². The Morgan fingerprint density at radius 2 is 1.68 bits per heavy atom. The number of anilines is 2. The van der Waals surface area contributed by atoms with Crippen LogP contribution < -0.4 is 10.2 Å². The van der Waals surface area contributed by atoms with Gasteiger partial charge in [-0.2, -0.15) is 4.31 Å². The Labute approximate surface area is 198 Å². The van der Waals surface area contributed by atoms with Crippen molar-refractivity contribution in [1.82, 2.24) is 4.31 Å². The van der Waals surface area contributed by atoms with E-state index < -0.39 is 16.0 Å². The van der Waals surface area contributed by atoms with Crippen molar-refractivity contribution in [3.05, 3.63) is 54.1 Å². The van der Waals surface area contributed by atoms with Crippen LogP contribution >= 0.6 is 0 Å². The molecule has 2 saturated heterocycles. The molecular formula is C24H27N3O6S. The van der Waals surface area contributed by atoms with Gasteiger partial charge >= 0.3 is 5.97 Å². The van der Waals surface area contributed by atoms with Crippen molar-refractivity contribution in [2.24, 2.45) is 5.92 Å². The predicted molar refractivity (Wildman–Crippen MR) is 126 cm³/mol. The summed E-state index contributed by atoms with van der Waals surface area (Å²) >= 11 is 0. The zero-order valence-corrected chi connectivity index (χ0v) is 19.7. The number of amides is 2. The second kappa shape index (κ2) is 9.94. The number of methoxy groups -OCH3 is 1. The highest BCUT2D eigenvalue weighted by molar-refractivity contribution is 7.89.